The lowest BCUT2D eigenvalue weighted by molar-refractivity contribution is 0.122. The van der Waals surface area contributed by atoms with Crippen molar-refractivity contribution < 1.29 is 0 Å². The highest BCUT2D eigenvalue weighted by Crippen LogP contribution is 2.16. The van der Waals surface area contributed by atoms with Crippen molar-refractivity contribution in [2.75, 3.05) is 26.2 Å². The maximum Gasteiger partial charge on any atom is 0.0409 e. The third-order valence-electron chi connectivity index (χ3n) is 4.06. The van der Waals surface area contributed by atoms with E-state index in [9.17, 15) is 0 Å². The first kappa shape index (κ1) is 15.8. The van der Waals surface area contributed by atoms with Crippen LogP contribution in [-0.4, -0.2) is 36.0 Å². The molecule has 22 heavy (non-hydrogen) atoms. The fourth-order valence-corrected chi connectivity index (χ4v) is 3.32. The number of hydrogen-bond acceptors (Lipinski definition) is 2. The van der Waals surface area contributed by atoms with E-state index in [1.807, 2.05) is 24.3 Å². The molecule has 0 amide bonds. The Hall–Kier alpha value is -1.06. The monoisotopic (exact) mass is 334 g/mol. The zero-order valence-electron chi connectivity index (χ0n) is 12.5. The average Bonchev–Trinajstić information content (AvgIpc) is 2.49. The molecule has 0 aromatic heterocycles. The zero-order chi connectivity index (χ0) is 15.4. The van der Waals surface area contributed by atoms with Crippen molar-refractivity contribution >= 4 is 23.2 Å². The van der Waals surface area contributed by atoms with Gasteiger partial charge in [0.2, 0.25) is 0 Å². The van der Waals surface area contributed by atoms with E-state index in [4.69, 9.17) is 23.2 Å². The molecule has 2 nitrogen and oxygen atoms in total. The highest BCUT2D eigenvalue weighted by Gasteiger charge is 2.17. The van der Waals surface area contributed by atoms with Gasteiger partial charge in [-0.05, 0) is 35.4 Å². The lowest BCUT2D eigenvalue weighted by atomic mass is 10.1. The average molecular weight is 335 g/mol. The first-order valence-corrected chi connectivity index (χ1v) is 8.38. The van der Waals surface area contributed by atoms with Crippen LogP contribution in [0.4, 0.5) is 0 Å². The van der Waals surface area contributed by atoms with Crippen LogP contribution in [-0.2, 0) is 13.1 Å². The van der Waals surface area contributed by atoms with E-state index < -0.39 is 0 Å². The molecular formula is C18H20Cl2N2. The topological polar surface area (TPSA) is 6.48 Å². The summed E-state index contributed by atoms with van der Waals surface area (Å²) in [5.74, 6) is 0. The molecule has 1 aliphatic rings. The van der Waals surface area contributed by atoms with Crippen LogP contribution in [0.25, 0.3) is 0 Å². The molecule has 1 saturated heterocycles. The third kappa shape index (κ3) is 4.47. The number of halogens is 2. The fourth-order valence-electron chi connectivity index (χ4n) is 2.89. The van der Waals surface area contributed by atoms with Crippen LogP contribution in [0.5, 0.6) is 0 Å². The highest BCUT2D eigenvalue weighted by atomic mass is 35.5. The van der Waals surface area contributed by atoms with Crippen LogP contribution in [0.15, 0.2) is 48.5 Å². The van der Waals surface area contributed by atoms with Crippen LogP contribution >= 0.6 is 23.2 Å². The van der Waals surface area contributed by atoms with Gasteiger partial charge in [-0.25, -0.2) is 0 Å². The normalized spacial score (nSPS) is 16.8. The minimum atomic E-state index is 0.817. The quantitative estimate of drug-likeness (QED) is 0.821. The molecule has 0 radical (unpaired) electrons. The molecule has 1 heterocycles. The third-order valence-corrected chi connectivity index (χ3v) is 4.53. The molecule has 2 aromatic carbocycles. The smallest absolute Gasteiger partial charge is 0.0409 e. The van der Waals surface area contributed by atoms with Gasteiger partial charge in [0.15, 0.2) is 0 Å². The summed E-state index contributed by atoms with van der Waals surface area (Å²) in [7, 11) is 0. The maximum atomic E-state index is 6.05. The Balaban J connectivity index is 1.50. The molecule has 0 atom stereocenters. The van der Waals surface area contributed by atoms with Crippen LogP contribution in [0.3, 0.4) is 0 Å². The summed E-state index contributed by atoms with van der Waals surface area (Å²) in [6.45, 7) is 6.32. The van der Waals surface area contributed by atoms with E-state index in [0.29, 0.717) is 0 Å². The van der Waals surface area contributed by atoms with Crippen molar-refractivity contribution in [2.45, 2.75) is 13.1 Å². The van der Waals surface area contributed by atoms with Crippen molar-refractivity contribution in [1.29, 1.82) is 0 Å². The number of nitrogens with zero attached hydrogens (tertiary/aromatic N) is 2. The van der Waals surface area contributed by atoms with Crippen LogP contribution < -0.4 is 0 Å². The molecule has 0 saturated carbocycles. The van der Waals surface area contributed by atoms with Gasteiger partial charge in [0.25, 0.3) is 0 Å². The van der Waals surface area contributed by atoms with Gasteiger partial charge in [-0.15, -0.1) is 0 Å². The Morgan fingerprint density at radius 2 is 1.09 bits per heavy atom. The number of rotatable bonds is 4. The van der Waals surface area contributed by atoms with E-state index in [-0.39, 0.29) is 0 Å². The molecule has 0 N–H and O–H groups in total. The van der Waals surface area contributed by atoms with E-state index >= 15 is 0 Å². The number of benzene rings is 2. The predicted octanol–water partition coefficient (Wildman–Crippen LogP) is 4.31. The van der Waals surface area contributed by atoms with Gasteiger partial charge in [-0.1, -0.05) is 47.5 Å². The van der Waals surface area contributed by atoms with Gasteiger partial charge in [-0.3, -0.25) is 9.80 Å². The standard InChI is InChI=1S/C18H20Cl2N2/c19-17-5-1-3-15(11-17)13-21-7-9-22(10-8-21)14-16-4-2-6-18(20)12-16/h1-6,11-12H,7-10,13-14H2. The van der Waals surface area contributed by atoms with Crippen molar-refractivity contribution in [2.24, 2.45) is 0 Å². The van der Waals surface area contributed by atoms with Gasteiger partial charge < -0.3 is 0 Å². The number of hydrogen-bond donors (Lipinski definition) is 0. The van der Waals surface area contributed by atoms with Gasteiger partial charge in [-0.2, -0.15) is 0 Å². The second-order valence-electron chi connectivity index (χ2n) is 5.81. The Labute approximate surface area is 142 Å². The van der Waals surface area contributed by atoms with Gasteiger partial charge >= 0.3 is 0 Å². The molecule has 3 rings (SSSR count). The summed E-state index contributed by atoms with van der Waals surface area (Å²) in [6.07, 6.45) is 0. The van der Waals surface area contributed by atoms with Gasteiger partial charge in [0.1, 0.15) is 0 Å². The molecule has 0 spiro atoms. The lowest BCUT2D eigenvalue weighted by Crippen LogP contribution is -2.45. The SMILES string of the molecule is Clc1cccc(CN2CCN(Cc3cccc(Cl)c3)CC2)c1. The highest BCUT2D eigenvalue weighted by molar-refractivity contribution is 6.30. The Kier molecular flexibility index (Phi) is 5.37. The minimum absolute atomic E-state index is 0.817. The van der Waals surface area contributed by atoms with Gasteiger partial charge in [0, 0.05) is 49.3 Å². The first-order chi connectivity index (χ1) is 10.7. The van der Waals surface area contributed by atoms with Crippen LogP contribution in [0.2, 0.25) is 10.0 Å². The Bertz CT molecular complexity index is 566. The molecule has 1 aliphatic heterocycles. The van der Waals surface area contributed by atoms with Crippen molar-refractivity contribution in [3.8, 4) is 0 Å². The van der Waals surface area contributed by atoms with Crippen molar-refractivity contribution in [3.05, 3.63) is 69.7 Å². The number of piperazine rings is 1. The predicted molar refractivity (Wildman–Crippen MR) is 93.5 cm³/mol. The lowest BCUT2D eigenvalue weighted by Gasteiger charge is -2.34. The molecule has 4 heteroatoms. The maximum absolute atomic E-state index is 6.05. The second-order valence-corrected chi connectivity index (χ2v) is 6.69. The molecule has 0 unspecified atom stereocenters. The summed E-state index contributed by atoms with van der Waals surface area (Å²) >= 11 is 12.1. The summed E-state index contributed by atoms with van der Waals surface area (Å²) in [4.78, 5) is 4.97. The van der Waals surface area contributed by atoms with Crippen LogP contribution in [0, 0.1) is 0 Å². The first-order valence-electron chi connectivity index (χ1n) is 7.63. The molecule has 2 aromatic rings. The van der Waals surface area contributed by atoms with E-state index in [2.05, 4.69) is 34.1 Å². The largest absolute Gasteiger partial charge is 0.297 e. The molecule has 0 aliphatic carbocycles. The Morgan fingerprint density at radius 1 is 0.682 bits per heavy atom. The minimum Gasteiger partial charge on any atom is -0.297 e. The van der Waals surface area contributed by atoms with Gasteiger partial charge in [0.05, 0.1) is 0 Å². The van der Waals surface area contributed by atoms with E-state index in [1.54, 1.807) is 0 Å². The van der Waals surface area contributed by atoms with Crippen LogP contribution in [0.1, 0.15) is 11.1 Å². The molecular weight excluding hydrogens is 315 g/mol. The summed E-state index contributed by atoms with van der Waals surface area (Å²) in [5.41, 5.74) is 2.58. The summed E-state index contributed by atoms with van der Waals surface area (Å²) in [5, 5.41) is 1.63. The summed E-state index contributed by atoms with van der Waals surface area (Å²) < 4.78 is 0. The fraction of sp³-hybridized carbons (Fsp3) is 0.333. The molecule has 116 valence electrons. The zero-order valence-corrected chi connectivity index (χ0v) is 14.0. The van der Waals surface area contributed by atoms with E-state index in [1.165, 1.54) is 11.1 Å². The van der Waals surface area contributed by atoms with Crippen molar-refractivity contribution in [3.63, 3.8) is 0 Å². The van der Waals surface area contributed by atoms with Crippen molar-refractivity contribution in [1.82, 2.24) is 9.80 Å². The molecule has 0 bridgehead atoms. The summed E-state index contributed by atoms with van der Waals surface area (Å²) in [6, 6.07) is 16.3. The Morgan fingerprint density at radius 3 is 1.45 bits per heavy atom. The second kappa shape index (κ2) is 7.47. The molecule has 1 fully saturated rings. The van der Waals surface area contributed by atoms with E-state index in [0.717, 1.165) is 49.3 Å².